The van der Waals surface area contributed by atoms with Crippen LogP contribution in [0.2, 0.25) is 0 Å². The second-order valence-corrected chi connectivity index (χ2v) is 6.39. The van der Waals surface area contributed by atoms with Crippen molar-refractivity contribution in [3.8, 4) is 0 Å². The van der Waals surface area contributed by atoms with E-state index in [1.807, 2.05) is 25.7 Å². The van der Waals surface area contributed by atoms with Gasteiger partial charge >= 0.3 is 6.09 Å². The fourth-order valence-electron chi connectivity index (χ4n) is 2.07. The maximum Gasteiger partial charge on any atom is 0.410 e. The summed E-state index contributed by atoms with van der Waals surface area (Å²) in [5, 5.41) is 0.955. The highest BCUT2D eigenvalue weighted by Gasteiger charge is 2.30. The van der Waals surface area contributed by atoms with Crippen molar-refractivity contribution in [1.82, 2.24) is 4.90 Å². The van der Waals surface area contributed by atoms with Crippen molar-refractivity contribution in [2.45, 2.75) is 39.7 Å². The summed E-state index contributed by atoms with van der Waals surface area (Å²) in [4.78, 5) is 13.7. The van der Waals surface area contributed by atoms with Crippen LogP contribution in [0.5, 0.6) is 0 Å². The van der Waals surface area contributed by atoms with Gasteiger partial charge in [-0.2, -0.15) is 0 Å². The van der Waals surface area contributed by atoms with Gasteiger partial charge < -0.3 is 9.64 Å². The second-order valence-electron chi connectivity index (χ2n) is 5.75. The fraction of sp³-hybridized carbons (Fsp3) is 0.917. The van der Waals surface area contributed by atoms with Crippen LogP contribution in [-0.4, -0.2) is 35.0 Å². The molecular formula is C12H22BrNO2. The third kappa shape index (κ3) is 4.32. The number of carbonyl (C=O) groups excluding carboxylic acids is 1. The number of ether oxygens (including phenoxy) is 1. The maximum atomic E-state index is 11.9. The third-order valence-electron chi connectivity index (χ3n) is 2.62. The Labute approximate surface area is 107 Å². The van der Waals surface area contributed by atoms with Gasteiger partial charge in [0.25, 0.3) is 0 Å². The first kappa shape index (κ1) is 13.8. The number of carbonyl (C=O) groups is 1. The van der Waals surface area contributed by atoms with Gasteiger partial charge in [0.2, 0.25) is 0 Å². The lowest BCUT2D eigenvalue weighted by Gasteiger charge is -2.36. The van der Waals surface area contributed by atoms with Gasteiger partial charge in [0.05, 0.1) is 0 Å². The molecule has 16 heavy (non-hydrogen) atoms. The fourth-order valence-corrected chi connectivity index (χ4v) is 2.54. The minimum absolute atomic E-state index is 0.176. The van der Waals surface area contributed by atoms with Crippen molar-refractivity contribution >= 4 is 22.0 Å². The van der Waals surface area contributed by atoms with Crippen LogP contribution in [0.15, 0.2) is 0 Å². The molecule has 1 heterocycles. The smallest absolute Gasteiger partial charge is 0.410 e. The van der Waals surface area contributed by atoms with Crippen molar-refractivity contribution in [3.63, 3.8) is 0 Å². The molecule has 2 unspecified atom stereocenters. The number of hydrogen-bond acceptors (Lipinski definition) is 2. The van der Waals surface area contributed by atoms with Crippen LogP contribution in [0, 0.1) is 11.8 Å². The third-order valence-corrected chi connectivity index (χ3v) is 3.53. The first-order valence-corrected chi connectivity index (χ1v) is 6.98. The van der Waals surface area contributed by atoms with Gasteiger partial charge in [-0.3, -0.25) is 0 Å². The van der Waals surface area contributed by atoms with Gasteiger partial charge in [-0.15, -0.1) is 0 Å². The highest BCUT2D eigenvalue weighted by Crippen LogP contribution is 2.24. The molecule has 0 aliphatic carbocycles. The highest BCUT2D eigenvalue weighted by atomic mass is 79.9. The molecule has 0 aromatic heterocycles. The van der Waals surface area contributed by atoms with Crippen molar-refractivity contribution in [3.05, 3.63) is 0 Å². The summed E-state index contributed by atoms with van der Waals surface area (Å²) in [7, 11) is 0. The Balaban J connectivity index is 2.55. The Kier molecular flexibility index (Phi) is 4.65. The highest BCUT2D eigenvalue weighted by molar-refractivity contribution is 9.09. The average Bonchev–Trinajstić information content (AvgIpc) is 2.14. The predicted octanol–water partition coefficient (Wildman–Crippen LogP) is 3.27. The maximum absolute atomic E-state index is 11.9. The number of piperidine rings is 1. The molecule has 1 aliphatic heterocycles. The molecule has 1 amide bonds. The number of hydrogen-bond donors (Lipinski definition) is 0. The van der Waals surface area contributed by atoms with Gasteiger partial charge in [0.1, 0.15) is 5.60 Å². The molecule has 0 aromatic rings. The molecule has 1 aliphatic rings. The number of amides is 1. The Morgan fingerprint density at radius 1 is 1.44 bits per heavy atom. The Morgan fingerprint density at radius 3 is 2.56 bits per heavy atom. The van der Waals surface area contributed by atoms with Gasteiger partial charge in [-0.25, -0.2) is 4.79 Å². The average molecular weight is 292 g/mol. The topological polar surface area (TPSA) is 29.5 Å². The normalized spacial score (nSPS) is 26.7. The molecule has 3 nitrogen and oxygen atoms in total. The SMILES string of the molecule is CC1CC(CBr)CN(C(=O)OC(C)(C)C)C1. The van der Waals surface area contributed by atoms with Crippen LogP contribution in [0.3, 0.4) is 0 Å². The second kappa shape index (κ2) is 5.39. The van der Waals surface area contributed by atoms with Crippen LogP contribution in [0.1, 0.15) is 34.1 Å². The Hall–Kier alpha value is -0.250. The standard InChI is InChI=1S/C12H22BrNO2/c1-9-5-10(6-13)8-14(7-9)11(15)16-12(2,3)4/h9-10H,5-8H2,1-4H3. The van der Waals surface area contributed by atoms with Crippen LogP contribution in [-0.2, 0) is 4.74 Å². The minimum atomic E-state index is -0.401. The molecule has 94 valence electrons. The minimum Gasteiger partial charge on any atom is -0.444 e. The Morgan fingerprint density at radius 2 is 2.06 bits per heavy atom. The van der Waals surface area contributed by atoms with E-state index in [1.165, 1.54) is 6.42 Å². The van der Waals surface area contributed by atoms with E-state index >= 15 is 0 Å². The van der Waals surface area contributed by atoms with Crippen molar-refractivity contribution < 1.29 is 9.53 Å². The molecule has 0 aromatic carbocycles. The van der Waals surface area contributed by atoms with E-state index in [1.54, 1.807) is 0 Å². The van der Waals surface area contributed by atoms with Gasteiger partial charge in [-0.05, 0) is 39.0 Å². The molecule has 0 spiro atoms. The summed E-state index contributed by atoms with van der Waals surface area (Å²) < 4.78 is 5.39. The molecule has 0 bridgehead atoms. The first-order valence-electron chi connectivity index (χ1n) is 5.85. The van der Waals surface area contributed by atoms with Crippen LogP contribution in [0.25, 0.3) is 0 Å². The summed E-state index contributed by atoms with van der Waals surface area (Å²) in [6, 6.07) is 0. The van der Waals surface area contributed by atoms with E-state index < -0.39 is 5.60 Å². The van der Waals surface area contributed by atoms with Crippen molar-refractivity contribution in [1.29, 1.82) is 0 Å². The van der Waals surface area contributed by atoms with E-state index in [0.717, 1.165) is 18.4 Å². The summed E-state index contributed by atoms with van der Waals surface area (Å²) in [6.45, 7) is 9.52. The molecule has 0 N–H and O–H groups in total. The quantitative estimate of drug-likeness (QED) is 0.694. The number of alkyl halides is 1. The molecule has 4 heteroatoms. The molecule has 1 fully saturated rings. The molecule has 0 saturated carbocycles. The van der Waals surface area contributed by atoms with E-state index in [0.29, 0.717) is 11.8 Å². The lowest BCUT2D eigenvalue weighted by Crippen LogP contribution is -2.45. The summed E-state index contributed by atoms with van der Waals surface area (Å²) in [5.41, 5.74) is -0.401. The summed E-state index contributed by atoms with van der Waals surface area (Å²) >= 11 is 3.50. The number of halogens is 1. The Bertz CT molecular complexity index is 250. The van der Waals surface area contributed by atoms with E-state index in [9.17, 15) is 4.79 Å². The van der Waals surface area contributed by atoms with Gasteiger partial charge in [0, 0.05) is 18.4 Å². The van der Waals surface area contributed by atoms with Gasteiger partial charge in [-0.1, -0.05) is 22.9 Å². The van der Waals surface area contributed by atoms with E-state index in [4.69, 9.17) is 4.74 Å². The number of likely N-dealkylation sites (tertiary alicyclic amines) is 1. The largest absolute Gasteiger partial charge is 0.444 e. The zero-order valence-electron chi connectivity index (χ0n) is 10.6. The van der Waals surface area contributed by atoms with Crippen molar-refractivity contribution in [2.75, 3.05) is 18.4 Å². The molecular weight excluding hydrogens is 270 g/mol. The lowest BCUT2D eigenvalue weighted by molar-refractivity contribution is 0.0124. The van der Waals surface area contributed by atoms with Crippen LogP contribution >= 0.6 is 15.9 Å². The molecule has 0 radical (unpaired) electrons. The van der Waals surface area contributed by atoms with E-state index in [-0.39, 0.29) is 6.09 Å². The summed E-state index contributed by atoms with van der Waals surface area (Å²) in [6.07, 6.45) is 1.01. The number of rotatable bonds is 1. The molecule has 1 saturated heterocycles. The monoisotopic (exact) mass is 291 g/mol. The number of nitrogens with zero attached hydrogens (tertiary/aromatic N) is 1. The van der Waals surface area contributed by atoms with Gasteiger partial charge in [0.15, 0.2) is 0 Å². The zero-order valence-corrected chi connectivity index (χ0v) is 12.2. The predicted molar refractivity (Wildman–Crippen MR) is 68.9 cm³/mol. The zero-order chi connectivity index (χ0) is 12.3. The van der Waals surface area contributed by atoms with E-state index in [2.05, 4.69) is 22.9 Å². The summed E-state index contributed by atoms with van der Waals surface area (Å²) in [5.74, 6) is 1.11. The first-order chi connectivity index (χ1) is 7.31. The van der Waals surface area contributed by atoms with Crippen LogP contribution in [0.4, 0.5) is 4.79 Å². The van der Waals surface area contributed by atoms with Crippen molar-refractivity contribution in [2.24, 2.45) is 11.8 Å². The lowest BCUT2D eigenvalue weighted by atomic mass is 9.92. The van der Waals surface area contributed by atoms with Crippen LogP contribution < -0.4 is 0 Å². The molecule has 1 rings (SSSR count). The molecule has 2 atom stereocenters.